The number of halogens is 1. The Bertz CT molecular complexity index is 550. The molecule has 1 aliphatic carbocycles. The Hall–Kier alpha value is -1.79. The van der Waals surface area contributed by atoms with Gasteiger partial charge in [0, 0.05) is 22.8 Å². The second-order valence-electron chi connectivity index (χ2n) is 5.19. The fourth-order valence-electron chi connectivity index (χ4n) is 2.46. The molecule has 0 spiro atoms. The van der Waals surface area contributed by atoms with E-state index in [1.54, 1.807) is 0 Å². The lowest BCUT2D eigenvalue weighted by atomic mass is 9.91. The molecular weight excluding hydrogens is 294 g/mol. The summed E-state index contributed by atoms with van der Waals surface area (Å²) in [5.74, 6) is -1.10. The van der Waals surface area contributed by atoms with Crippen molar-refractivity contribution in [1.29, 1.82) is 0 Å². The van der Waals surface area contributed by atoms with Gasteiger partial charge in [-0.05, 0) is 31.0 Å². The van der Waals surface area contributed by atoms with E-state index in [4.69, 9.17) is 22.4 Å². The first kappa shape index (κ1) is 15.6. The Labute approximate surface area is 127 Å². The molecule has 6 nitrogen and oxygen atoms in total. The summed E-state index contributed by atoms with van der Waals surface area (Å²) in [6, 6.07) is 3.67. The average Bonchev–Trinajstić information content (AvgIpc) is 2.40. The maximum absolute atomic E-state index is 12.0. The van der Waals surface area contributed by atoms with E-state index in [0.717, 1.165) is 25.7 Å². The van der Waals surface area contributed by atoms with Crippen LogP contribution in [0.5, 0.6) is 0 Å². The molecule has 0 aromatic heterocycles. The van der Waals surface area contributed by atoms with Crippen LogP contribution < -0.4 is 16.4 Å². The molecule has 7 heteroatoms. The van der Waals surface area contributed by atoms with Gasteiger partial charge in [-0.15, -0.1) is 0 Å². The van der Waals surface area contributed by atoms with Crippen molar-refractivity contribution >= 4 is 29.3 Å². The lowest BCUT2D eigenvalue weighted by Crippen LogP contribution is -2.50. The predicted molar refractivity (Wildman–Crippen MR) is 80.8 cm³/mol. The Morgan fingerprint density at radius 3 is 2.62 bits per heavy atom. The minimum atomic E-state index is -1.10. The number of carbonyl (C=O) groups is 2. The van der Waals surface area contributed by atoms with Crippen molar-refractivity contribution in [3.63, 3.8) is 0 Å². The maximum atomic E-state index is 12.0. The van der Waals surface area contributed by atoms with Crippen molar-refractivity contribution in [2.45, 2.75) is 37.8 Å². The van der Waals surface area contributed by atoms with Crippen molar-refractivity contribution in [2.75, 3.05) is 5.32 Å². The molecular formula is C14H18ClN3O3. The molecule has 1 fully saturated rings. The summed E-state index contributed by atoms with van der Waals surface area (Å²) in [7, 11) is 0. The van der Waals surface area contributed by atoms with E-state index in [1.165, 1.54) is 18.2 Å². The van der Waals surface area contributed by atoms with Crippen LogP contribution in [-0.4, -0.2) is 29.2 Å². The molecule has 2 rings (SSSR count). The third-order valence-electron chi connectivity index (χ3n) is 3.54. The molecule has 21 heavy (non-hydrogen) atoms. The molecule has 1 aromatic carbocycles. The van der Waals surface area contributed by atoms with Gasteiger partial charge in [-0.25, -0.2) is 9.59 Å². The Morgan fingerprint density at radius 2 is 1.95 bits per heavy atom. The molecule has 1 aromatic rings. The largest absolute Gasteiger partial charge is 0.478 e. The molecule has 0 heterocycles. The monoisotopic (exact) mass is 311 g/mol. The molecule has 114 valence electrons. The van der Waals surface area contributed by atoms with Gasteiger partial charge in [0.25, 0.3) is 0 Å². The van der Waals surface area contributed by atoms with E-state index in [0.29, 0.717) is 5.69 Å². The highest BCUT2D eigenvalue weighted by atomic mass is 35.5. The van der Waals surface area contributed by atoms with Crippen molar-refractivity contribution in [2.24, 2.45) is 5.73 Å². The molecule has 0 saturated heterocycles. The first-order valence-corrected chi connectivity index (χ1v) is 7.20. The second-order valence-corrected chi connectivity index (χ2v) is 5.62. The molecule has 2 amide bonds. The van der Waals surface area contributed by atoms with E-state index in [2.05, 4.69) is 10.6 Å². The van der Waals surface area contributed by atoms with Crippen LogP contribution >= 0.6 is 11.6 Å². The van der Waals surface area contributed by atoms with E-state index in [9.17, 15) is 9.59 Å². The lowest BCUT2D eigenvalue weighted by molar-refractivity contribution is 0.0697. The summed E-state index contributed by atoms with van der Waals surface area (Å²) < 4.78 is 0. The number of nitrogens with two attached hydrogens (primary N) is 1. The zero-order valence-electron chi connectivity index (χ0n) is 11.4. The third-order valence-corrected chi connectivity index (χ3v) is 3.76. The minimum absolute atomic E-state index is 0.0205. The second kappa shape index (κ2) is 6.78. The van der Waals surface area contributed by atoms with Gasteiger partial charge < -0.3 is 21.5 Å². The number of amides is 2. The third kappa shape index (κ3) is 4.34. The number of carboxylic acids is 1. The summed E-state index contributed by atoms with van der Waals surface area (Å²) in [5.41, 5.74) is 6.32. The van der Waals surface area contributed by atoms with E-state index in [1.807, 2.05) is 0 Å². The van der Waals surface area contributed by atoms with Crippen molar-refractivity contribution in [3.8, 4) is 0 Å². The van der Waals surface area contributed by atoms with Crippen LogP contribution in [-0.2, 0) is 0 Å². The molecule has 5 N–H and O–H groups in total. The normalized spacial score (nSPS) is 21.6. The molecule has 2 atom stereocenters. The maximum Gasteiger partial charge on any atom is 0.335 e. The van der Waals surface area contributed by atoms with Crippen LogP contribution in [0.4, 0.5) is 10.5 Å². The number of hydrogen-bond donors (Lipinski definition) is 4. The van der Waals surface area contributed by atoms with Crippen LogP contribution in [0, 0.1) is 0 Å². The molecule has 0 radical (unpaired) electrons. The number of anilines is 1. The summed E-state index contributed by atoms with van der Waals surface area (Å²) in [5, 5.41) is 14.6. The smallest absolute Gasteiger partial charge is 0.335 e. The number of hydrogen-bond acceptors (Lipinski definition) is 3. The number of nitrogens with one attached hydrogen (secondary N) is 2. The standard InChI is InChI=1S/C14H18ClN3O3/c15-9-5-8(13(19)20)6-10(7-9)17-14(21)18-12-4-2-1-3-11(12)16/h5-7,11-12H,1-4,16H2,(H,19,20)(H2,17,18,21). The summed E-state index contributed by atoms with van der Waals surface area (Å²) in [4.78, 5) is 22.9. The van der Waals surface area contributed by atoms with Gasteiger partial charge in [-0.1, -0.05) is 24.4 Å². The Morgan fingerprint density at radius 1 is 1.24 bits per heavy atom. The lowest BCUT2D eigenvalue weighted by Gasteiger charge is -2.29. The SMILES string of the molecule is NC1CCCCC1NC(=O)Nc1cc(Cl)cc(C(=O)O)c1. The quantitative estimate of drug-likeness (QED) is 0.688. The van der Waals surface area contributed by atoms with Crippen LogP contribution in [0.1, 0.15) is 36.0 Å². The number of aromatic carboxylic acids is 1. The highest BCUT2D eigenvalue weighted by Crippen LogP contribution is 2.20. The van der Waals surface area contributed by atoms with Crippen molar-refractivity contribution < 1.29 is 14.7 Å². The van der Waals surface area contributed by atoms with Gasteiger partial charge in [0.05, 0.1) is 5.56 Å². The first-order valence-electron chi connectivity index (χ1n) is 6.82. The van der Waals surface area contributed by atoms with Crippen LogP contribution in [0.15, 0.2) is 18.2 Å². The zero-order chi connectivity index (χ0) is 15.4. The average molecular weight is 312 g/mol. The van der Waals surface area contributed by atoms with Crippen LogP contribution in [0.3, 0.4) is 0 Å². The minimum Gasteiger partial charge on any atom is -0.478 e. The zero-order valence-corrected chi connectivity index (χ0v) is 12.2. The van der Waals surface area contributed by atoms with Crippen molar-refractivity contribution in [1.82, 2.24) is 5.32 Å². The topological polar surface area (TPSA) is 104 Å². The molecule has 2 unspecified atom stereocenters. The number of benzene rings is 1. The Balaban J connectivity index is 2.00. The van der Waals surface area contributed by atoms with Gasteiger partial charge in [0.1, 0.15) is 0 Å². The summed E-state index contributed by atoms with van der Waals surface area (Å²) >= 11 is 5.84. The molecule has 0 aliphatic heterocycles. The first-order chi connectivity index (χ1) is 9.95. The van der Waals surface area contributed by atoms with E-state index < -0.39 is 12.0 Å². The van der Waals surface area contributed by atoms with E-state index >= 15 is 0 Å². The van der Waals surface area contributed by atoms with Crippen molar-refractivity contribution in [3.05, 3.63) is 28.8 Å². The number of rotatable bonds is 3. The highest BCUT2D eigenvalue weighted by molar-refractivity contribution is 6.31. The fraction of sp³-hybridized carbons (Fsp3) is 0.429. The summed E-state index contributed by atoms with van der Waals surface area (Å²) in [6.45, 7) is 0. The predicted octanol–water partition coefficient (Wildman–Crippen LogP) is 2.43. The highest BCUT2D eigenvalue weighted by Gasteiger charge is 2.23. The number of urea groups is 1. The van der Waals surface area contributed by atoms with Crippen LogP contribution in [0.2, 0.25) is 5.02 Å². The van der Waals surface area contributed by atoms with E-state index in [-0.39, 0.29) is 22.7 Å². The fourth-order valence-corrected chi connectivity index (χ4v) is 2.69. The Kier molecular flexibility index (Phi) is 5.03. The van der Waals surface area contributed by atoms with Gasteiger partial charge in [0.15, 0.2) is 0 Å². The molecule has 0 bridgehead atoms. The number of carbonyl (C=O) groups excluding carboxylic acids is 1. The van der Waals surface area contributed by atoms with Gasteiger partial charge in [-0.3, -0.25) is 0 Å². The molecule has 1 aliphatic rings. The van der Waals surface area contributed by atoms with Gasteiger partial charge in [-0.2, -0.15) is 0 Å². The molecule has 1 saturated carbocycles. The van der Waals surface area contributed by atoms with Gasteiger partial charge in [0.2, 0.25) is 0 Å². The number of carboxylic acid groups (broad SMARTS) is 1. The van der Waals surface area contributed by atoms with Gasteiger partial charge >= 0.3 is 12.0 Å². The van der Waals surface area contributed by atoms with Crippen LogP contribution in [0.25, 0.3) is 0 Å². The summed E-state index contributed by atoms with van der Waals surface area (Å²) in [6.07, 6.45) is 3.87.